The fourth-order valence-electron chi connectivity index (χ4n) is 2.58. The van der Waals surface area contributed by atoms with Crippen LogP contribution < -0.4 is 10.6 Å². The molecule has 126 valence electrons. The average molecular weight is 370 g/mol. The Hall–Kier alpha value is -2.12. The van der Waals surface area contributed by atoms with Crippen molar-refractivity contribution in [2.45, 2.75) is 0 Å². The molecule has 1 fully saturated rings. The van der Waals surface area contributed by atoms with Gasteiger partial charge in [-0.25, -0.2) is 14.4 Å². The quantitative estimate of drug-likeness (QED) is 0.879. The minimum Gasteiger partial charge on any atom is -0.382 e. The molecule has 9 heteroatoms. The predicted octanol–water partition coefficient (Wildman–Crippen LogP) is 2.47. The molecule has 6 nitrogen and oxygen atoms in total. The van der Waals surface area contributed by atoms with E-state index in [1.165, 1.54) is 24.5 Å². The van der Waals surface area contributed by atoms with Gasteiger partial charge in [0.15, 0.2) is 5.82 Å². The summed E-state index contributed by atoms with van der Waals surface area (Å²) in [5.41, 5.74) is 5.58. The molecule has 2 aromatic rings. The van der Waals surface area contributed by atoms with E-state index in [-0.39, 0.29) is 21.4 Å². The van der Waals surface area contributed by atoms with Crippen molar-refractivity contribution in [3.63, 3.8) is 0 Å². The van der Waals surface area contributed by atoms with Crippen LogP contribution in [0.15, 0.2) is 24.5 Å². The van der Waals surface area contributed by atoms with Gasteiger partial charge in [-0.1, -0.05) is 29.3 Å². The minimum atomic E-state index is -0.624. The van der Waals surface area contributed by atoms with Gasteiger partial charge in [-0.15, -0.1) is 0 Å². The number of anilines is 2. The minimum absolute atomic E-state index is 0.100. The third kappa shape index (κ3) is 3.09. The predicted molar refractivity (Wildman–Crippen MR) is 91.0 cm³/mol. The van der Waals surface area contributed by atoms with Gasteiger partial charge in [0.25, 0.3) is 5.91 Å². The fourth-order valence-corrected chi connectivity index (χ4v) is 3.04. The van der Waals surface area contributed by atoms with Gasteiger partial charge in [-0.05, 0) is 12.1 Å². The number of benzene rings is 1. The topological polar surface area (TPSA) is 75.3 Å². The first-order valence-electron chi connectivity index (χ1n) is 7.23. The normalized spacial score (nSPS) is 14.8. The highest BCUT2D eigenvalue weighted by molar-refractivity contribution is 6.35. The lowest BCUT2D eigenvalue weighted by molar-refractivity contribution is 0.0742. The zero-order valence-electron chi connectivity index (χ0n) is 12.5. The summed E-state index contributed by atoms with van der Waals surface area (Å²) in [6, 6.07) is 4.18. The first-order chi connectivity index (χ1) is 11.5. The Balaban J connectivity index is 1.73. The summed E-state index contributed by atoms with van der Waals surface area (Å²) in [5.74, 6) is -0.314. The van der Waals surface area contributed by atoms with E-state index in [2.05, 4.69) is 9.97 Å². The number of carbonyl (C=O) groups excluding carboxylic acids is 1. The van der Waals surface area contributed by atoms with Crippen molar-refractivity contribution in [2.75, 3.05) is 36.8 Å². The van der Waals surface area contributed by atoms with Gasteiger partial charge in [-0.2, -0.15) is 0 Å². The molecule has 1 aromatic carbocycles. The monoisotopic (exact) mass is 369 g/mol. The highest BCUT2D eigenvalue weighted by atomic mass is 35.5. The van der Waals surface area contributed by atoms with E-state index in [0.717, 1.165) is 0 Å². The Labute approximate surface area is 148 Å². The molecule has 1 amide bonds. The Kier molecular flexibility index (Phi) is 4.73. The number of amides is 1. The van der Waals surface area contributed by atoms with Crippen LogP contribution in [-0.2, 0) is 0 Å². The van der Waals surface area contributed by atoms with Gasteiger partial charge in [0.1, 0.15) is 23.0 Å². The second kappa shape index (κ2) is 6.78. The van der Waals surface area contributed by atoms with E-state index in [1.807, 2.05) is 4.90 Å². The maximum atomic E-state index is 13.9. The van der Waals surface area contributed by atoms with Gasteiger partial charge in [0.05, 0.1) is 10.6 Å². The van der Waals surface area contributed by atoms with Gasteiger partial charge in [0.2, 0.25) is 0 Å². The first kappa shape index (κ1) is 16.7. The molecule has 1 aromatic heterocycles. The summed E-state index contributed by atoms with van der Waals surface area (Å²) in [5, 5.41) is 0.392. The Morgan fingerprint density at radius 2 is 1.88 bits per heavy atom. The number of nitrogens with zero attached hydrogens (tertiary/aromatic N) is 4. The van der Waals surface area contributed by atoms with Crippen molar-refractivity contribution in [1.82, 2.24) is 14.9 Å². The van der Waals surface area contributed by atoms with Crippen LogP contribution in [0.4, 0.5) is 16.0 Å². The Morgan fingerprint density at radius 1 is 1.17 bits per heavy atom. The van der Waals surface area contributed by atoms with Crippen molar-refractivity contribution >= 4 is 40.7 Å². The Bertz CT molecular complexity index is 760. The van der Waals surface area contributed by atoms with Crippen molar-refractivity contribution in [3.8, 4) is 0 Å². The summed E-state index contributed by atoms with van der Waals surface area (Å²) in [7, 11) is 0. The van der Waals surface area contributed by atoms with E-state index >= 15 is 0 Å². The lowest BCUT2D eigenvalue weighted by Gasteiger charge is -2.35. The summed E-state index contributed by atoms with van der Waals surface area (Å²) >= 11 is 12.1. The number of aromatic nitrogens is 2. The van der Waals surface area contributed by atoms with E-state index < -0.39 is 11.7 Å². The lowest BCUT2D eigenvalue weighted by Crippen LogP contribution is -2.49. The van der Waals surface area contributed by atoms with E-state index in [9.17, 15) is 9.18 Å². The largest absolute Gasteiger partial charge is 0.382 e. The van der Waals surface area contributed by atoms with Crippen LogP contribution in [0.1, 0.15) is 10.4 Å². The third-order valence-corrected chi connectivity index (χ3v) is 4.52. The molecule has 0 unspecified atom stereocenters. The van der Waals surface area contributed by atoms with E-state index in [0.29, 0.717) is 32.0 Å². The number of piperazine rings is 1. The zero-order chi connectivity index (χ0) is 17.3. The smallest absolute Gasteiger partial charge is 0.258 e. The maximum Gasteiger partial charge on any atom is 0.258 e. The van der Waals surface area contributed by atoms with Crippen LogP contribution >= 0.6 is 23.2 Å². The fraction of sp³-hybridized carbons (Fsp3) is 0.267. The van der Waals surface area contributed by atoms with Crippen LogP contribution in [0.25, 0.3) is 0 Å². The van der Waals surface area contributed by atoms with Crippen molar-refractivity contribution in [3.05, 3.63) is 46.0 Å². The summed E-state index contributed by atoms with van der Waals surface area (Å²) in [4.78, 5) is 23.9. The molecule has 1 saturated heterocycles. The number of hydrogen-bond acceptors (Lipinski definition) is 5. The second-order valence-corrected chi connectivity index (χ2v) is 6.06. The number of nitrogens with two attached hydrogens (primary N) is 1. The highest BCUT2D eigenvalue weighted by Crippen LogP contribution is 2.28. The molecule has 0 radical (unpaired) electrons. The lowest BCUT2D eigenvalue weighted by atomic mass is 10.1. The molecule has 1 aliphatic rings. The number of nitrogen functional groups attached to an aromatic ring is 1. The molecule has 0 bridgehead atoms. The van der Waals surface area contributed by atoms with E-state index in [4.69, 9.17) is 28.9 Å². The van der Waals surface area contributed by atoms with Crippen molar-refractivity contribution in [2.24, 2.45) is 0 Å². The molecular weight excluding hydrogens is 356 g/mol. The summed E-state index contributed by atoms with van der Waals surface area (Å²) in [6.45, 7) is 1.77. The van der Waals surface area contributed by atoms with Gasteiger partial charge < -0.3 is 15.5 Å². The highest BCUT2D eigenvalue weighted by Gasteiger charge is 2.27. The van der Waals surface area contributed by atoms with Crippen LogP contribution in [0, 0.1) is 5.82 Å². The molecule has 0 aliphatic carbocycles. The zero-order valence-corrected chi connectivity index (χ0v) is 14.1. The van der Waals surface area contributed by atoms with Crippen LogP contribution in [-0.4, -0.2) is 47.0 Å². The van der Waals surface area contributed by atoms with E-state index in [1.54, 1.807) is 4.90 Å². The van der Waals surface area contributed by atoms with Crippen molar-refractivity contribution in [1.29, 1.82) is 0 Å². The number of hydrogen-bond donors (Lipinski definition) is 1. The first-order valence-corrected chi connectivity index (χ1v) is 7.99. The third-order valence-electron chi connectivity index (χ3n) is 3.84. The number of carbonyl (C=O) groups is 1. The van der Waals surface area contributed by atoms with Crippen LogP contribution in [0.5, 0.6) is 0 Å². The maximum absolute atomic E-state index is 13.9. The average Bonchev–Trinajstić information content (AvgIpc) is 2.57. The molecule has 0 saturated carbocycles. The standard InChI is InChI=1S/C15H14Cl2FN5O/c16-9-2-1-3-10(18)11(9)15(24)23-6-4-22(5-7-23)14-12(17)13(19)20-8-21-14/h1-3,8H,4-7H2,(H2,19,20,21). The molecular formula is C15H14Cl2FN5O. The SMILES string of the molecule is Nc1ncnc(N2CCN(C(=O)c3c(F)cccc3Cl)CC2)c1Cl. The Morgan fingerprint density at radius 3 is 2.54 bits per heavy atom. The molecule has 0 atom stereocenters. The molecule has 24 heavy (non-hydrogen) atoms. The van der Waals surface area contributed by atoms with Crippen LogP contribution in [0.2, 0.25) is 10.0 Å². The molecule has 2 N–H and O–H groups in total. The molecule has 2 heterocycles. The summed E-state index contributed by atoms with van der Waals surface area (Å²) < 4.78 is 13.9. The molecule has 1 aliphatic heterocycles. The van der Waals surface area contributed by atoms with Crippen molar-refractivity contribution < 1.29 is 9.18 Å². The molecule has 0 spiro atoms. The second-order valence-electron chi connectivity index (χ2n) is 5.27. The van der Waals surface area contributed by atoms with Gasteiger partial charge in [-0.3, -0.25) is 4.79 Å². The molecule has 3 rings (SSSR count). The van der Waals surface area contributed by atoms with Gasteiger partial charge >= 0.3 is 0 Å². The number of rotatable bonds is 2. The van der Waals surface area contributed by atoms with Gasteiger partial charge in [0, 0.05) is 26.2 Å². The summed E-state index contributed by atoms with van der Waals surface area (Å²) in [6.07, 6.45) is 1.34. The van der Waals surface area contributed by atoms with Crippen LogP contribution in [0.3, 0.4) is 0 Å². The number of halogens is 3.